The molecule has 0 aliphatic heterocycles. The molecular formula is C14H19ClN2O4. The summed E-state index contributed by atoms with van der Waals surface area (Å²) in [6, 6.07) is 3.95. The van der Waals surface area contributed by atoms with Gasteiger partial charge in [0.25, 0.3) is 11.6 Å². The fourth-order valence-corrected chi connectivity index (χ4v) is 1.74. The van der Waals surface area contributed by atoms with Crippen molar-refractivity contribution in [1.82, 2.24) is 5.32 Å². The smallest absolute Gasteiger partial charge is 0.288 e. The lowest BCUT2D eigenvalue weighted by atomic mass is 10.1. The SMILES string of the molecule is CC(C)CCOCCNC(=O)c1ccc(Cl)c([N+](=O)[O-])c1. The Morgan fingerprint density at radius 2 is 2.14 bits per heavy atom. The second-order valence-corrected chi connectivity index (χ2v) is 5.38. The maximum Gasteiger partial charge on any atom is 0.288 e. The van der Waals surface area contributed by atoms with E-state index in [-0.39, 0.29) is 22.2 Å². The summed E-state index contributed by atoms with van der Waals surface area (Å²) < 4.78 is 5.37. The van der Waals surface area contributed by atoms with E-state index in [1.165, 1.54) is 12.1 Å². The third-order valence-corrected chi connectivity index (χ3v) is 3.10. The number of nitro benzene ring substituents is 1. The van der Waals surface area contributed by atoms with Crippen LogP contribution in [0, 0.1) is 16.0 Å². The molecule has 0 atom stereocenters. The molecule has 1 aromatic carbocycles. The Labute approximate surface area is 128 Å². The number of rotatable bonds is 8. The van der Waals surface area contributed by atoms with E-state index >= 15 is 0 Å². The molecule has 7 heteroatoms. The number of nitrogens with zero attached hydrogens (tertiary/aromatic N) is 1. The number of nitro groups is 1. The van der Waals surface area contributed by atoms with Crippen molar-refractivity contribution in [3.8, 4) is 0 Å². The van der Waals surface area contributed by atoms with Gasteiger partial charge in [0, 0.05) is 24.8 Å². The standard InChI is InChI=1S/C14H19ClN2O4/c1-10(2)5-7-21-8-6-16-14(18)11-3-4-12(15)13(9-11)17(19)20/h3-4,9-10H,5-8H2,1-2H3,(H,16,18). The zero-order valence-corrected chi connectivity index (χ0v) is 12.9. The largest absolute Gasteiger partial charge is 0.380 e. The third-order valence-electron chi connectivity index (χ3n) is 2.78. The number of nitrogens with one attached hydrogen (secondary N) is 1. The van der Waals surface area contributed by atoms with Gasteiger partial charge in [0.15, 0.2) is 0 Å². The zero-order valence-electron chi connectivity index (χ0n) is 12.1. The number of amides is 1. The molecule has 21 heavy (non-hydrogen) atoms. The second kappa shape index (κ2) is 8.59. The summed E-state index contributed by atoms with van der Waals surface area (Å²) in [5, 5.41) is 13.4. The van der Waals surface area contributed by atoms with E-state index in [9.17, 15) is 14.9 Å². The highest BCUT2D eigenvalue weighted by atomic mass is 35.5. The Balaban J connectivity index is 2.42. The minimum absolute atomic E-state index is 0.00793. The number of ether oxygens (including phenoxy) is 1. The van der Waals surface area contributed by atoms with Crippen LogP contribution in [0.2, 0.25) is 5.02 Å². The van der Waals surface area contributed by atoms with E-state index in [2.05, 4.69) is 19.2 Å². The minimum atomic E-state index is -0.617. The van der Waals surface area contributed by atoms with Gasteiger partial charge in [-0.15, -0.1) is 0 Å². The first-order valence-electron chi connectivity index (χ1n) is 6.71. The van der Waals surface area contributed by atoms with E-state index in [1.54, 1.807) is 0 Å². The van der Waals surface area contributed by atoms with Gasteiger partial charge >= 0.3 is 0 Å². The molecule has 0 heterocycles. The number of benzene rings is 1. The van der Waals surface area contributed by atoms with Gasteiger partial charge in [-0.2, -0.15) is 0 Å². The molecule has 116 valence electrons. The third kappa shape index (κ3) is 6.10. The fraction of sp³-hybridized carbons (Fsp3) is 0.500. The molecule has 0 aliphatic rings. The maximum atomic E-state index is 11.8. The molecule has 0 unspecified atom stereocenters. The molecule has 0 fully saturated rings. The Morgan fingerprint density at radius 1 is 1.43 bits per heavy atom. The van der Waals surface area contributed by atoms with E-state index < -0.39 is 4.92 Å². The highest BCUT2D eigenvalue weighted by Crippen LogP contribution is 2.24. The van der Waals surface area contributed by atoms with Crippen LogP contribution in [0.25, 0.3) is 0 Å². The lowest BCUT2D eigenvalue weighted by molar-refractivity contribution is -0.384. The van der Waals surface area contributed by atoms with Crippen LogP contribution in [0.1, 0.15) is 30.6 Å². The molecule has 0 spiro atoms. The van der Waals surface area contributed by atoms with Crippen molar-refractivity contribution in [2.75, 3.05) is 19.8 Å². The van der Waals surface area contributed by atoms with Crippen molar-refractivity contribution in [2.45, 2.75) is 20.3 Å². The number of carbonyl (C=O) groups excluding carboxylic acids is 1. The highest BCUT2D eigenvalue weighted by molar-refractivity contribution is 6.32. The maximum absolute atomic E-state index is 11.8. The molecule has 0 aromatic heterocycles. The number of hydrogen-bond donors (Lipinski definition) is 1. The monoisotopic (exact) mass is 314 g/mol. The number of carbonyl (C=O) groups is 1. The van der Waals surface area contributed by atoms with Crippen LogP contribution in [-0.2, 0) is 4.74 Å². The molecule has 1 N–H and O–H groups in total. The summed E-state index contributed by atoms with van der Waals surface area (Å²) >= 11 is 5.69. The number of hydrogen-bond acceptors (Lipinski definition) is 4. The van der Waals surface area contributed by atoms with Crippen molar-refractivity contribution in [3.05, 3.63) is 38.9 Å². The summed E-state index contributed by atoms with van der Waals surface area (Å²) in [7, 11) is 0. The average Bonchev–Trinajstić information content (AvgIpc) is 2.42. The predicted octanol–water partition coefficient (Wildman–Crippen LogP) is 3.04. The van der Waals surface area contributed by atoms with Crippen LogP contribution in [0.15, 0.2) is 18.2 Å². The van der Waals surface area contributed by atoms with E-state index in [0.29, 0.717) is 25.7 Å². The van der Waals surface area contributed by atoms with Crippen molar-refractivity contribution >= 4 is 23.2 Å². The van der Waals surface area contributed by atoms with Crippen LogP contribution in [0.3, 0.4) is 0 Å². The van der Waals surface area contributed by atoms with Crippen LogP contribution >= 0.6 is 11.6 Å². The Morgan fingerprint density at radius 3 is 2.76 bits per heavy atom. The van der Waals surface area contributed by atoms with Crippen LogP contribution in [0.4, 0.5) is 5.69 Å². The van der Waals surface area contributed by atoms with Crippen LogP contribution in [-0.4, -0.2) is 30.6 Å². The quantitative estimate of drug-likeness (QED) is 0.454. The summed E-state index contributed by atoms with van der Waals surface area (Å²) in [5.74, 6) is 0.191. The van der Waals surface area contributed by atoms with Crippen molar-refractivity contribution < 1.29 is 14.5 Å². The lowest BCUT2D eigenvalue weighted by Crippen LogP contribution is -2.27. The molecule has 0 aliphatic carbocycles. The first kappa shape index (κ1) is 17.4. The average molecular weight is 315 g/mol. The molecular weight excluding hydrogens is 296 g/mol. The van der Waals surface area contributed by atoms with Gasteiger partial charge < -0.3 is 10.1 Å². The van der Waals surface area contributed by atoms with E-state index in [1.807, 2.05) is 0 Å². The second-order valence-electron chi connectivity index (χ2n) is 4.97. The van der Waals surface area contributed by atoms with Gasteiger partial charge in [-0.3, -0.25) is 14.9 Å². The van der Waals surface area contributed by atoms with Gasteiger partial charge in [0.1, 0.15) is 5.02 Å². The summed E-state index contributed by atoms with van der Waals surface area (Å²) in [6.45, 7) is 5.64. The molecule has 1 aromatic rings. The molecule has 0 saturated heterocycles. The van der Waals surface area contributed by atoms with Crippen molar-refractivity contribution in [3.63, 3.8) is 0 Å². The molecule has 0 radical (unpaired) electrons. The predicted molar refractivity (Wildman–Crippen MR) is 80.7 cm³/mol. The Kier molecular flexibility index (Phi) is 7.11. The van der Waals surface area contributed by atoms with E-state index in [0.717, 1.165) is 12.5 Å². The summed E-state index contributed by atoms with van der Waals surface area (Å²) in [4.78, 5) is 22.0. The fourth-order valence-electron chi connectivity index (χ4n) is 1.55. The molecule has 1 rings (SSSR count). The Hall–Kier alpha value is -1.66. The van der Waals surface area contributed by atoms with Crippen LogP contribution in [0.5, 0.6) is 0 Å². The zero-order chi connectivity index (χ0) is 15.8. The van der Waals surface area contributed by atoms with Crippen molar-refractivity contribution in [1.29, 1.82) is 0 Å². The number of halogens is 1. The molecule has 1 amide bonds. The van der Waals surface area contributed by atoms with Gasteiger partial charge in [-0.1, -0.05) is 25.4 Å². The van der Waals surface area contributed by atoms with Gasteiger partial charge in [0.2, 0.25) is 0 Å². The Bertz CT molecular complexity index is 506. The topological polar surface area (TPSA) is 81.5 Å². The minimum Gasteiger partial charge on any atom is -0.380 e. The van der Waals surface area contributed by atoms with E-state index in [4.69, 9.17) is 16.3 Å². The first-order valence-corrected chi connectivity index (χ1v) is 7.09. The van der Waals surface area contributed by atoms with Crippen LogP contribution < -0.4 is 5.32 Å². The molecule has 6 nitrogen and oxygen atoms in total. The summed E-state index contributed by atoms with van der Waals surface area (Å²) in [5.41, 5.74) is -0.0780. The summed E-state index contributed by atoms with van der Waals surface area (Å²) in [6.07, 6.45) is 0.970. The normalized spacial score (nSPS) is 10.7. The van der Waals surface area contributed by atoms with Crippen molar-refractivity contribution in [2.24, 2.45) is 5.92 Å². The lowest BCUT2D eigenvalue weighted by Gasteiger charge is -2.08. The molecule has 0 saturated carbocycles. The highest BCUT2D eigenvalue weighted by Gasteiger charge is 2.15. The first-order chi connectivity index (χ1) is 9.91. The van der Waals surface area contributed by atoms with Gasteiger partial charge in [-0.05, 0) is 24.5 Å². The van der Waals surface area contributed by atoms with Gasteiger partial charge in [0.05, 0.1) is 11.5 Å². The van der Waals surface area contributed by atoms with Gasteiger partial charge in [-0.25, -0.2) is 0 Å². The molecule has 0 bridgehead atoms.